The number of rotatable bonds is 4. The van der Waals surface area contributed by atoms with Crippen LogP contribution in [0.5, 0.6) is 0 Å². The molecule has 2 aromatic carbocycles. The van der Waals surface area contributed by atoms with Gasteiger partial charge in [0.1, 0.15) is 0 Å². The van der Waals surface area contributed by atoms with Crippen molar-refractivity contribution in [2.24, 2.45) is 4.99 Å². The summed E-state index contributed by atoms with van der Waals surface area (Å²) in [5, 5.41) is 11.1. The Hall–Kier alpha value is -2.64. The molecule has 0 unspecified atom stereocenters. The van der Waals surface area contributed by atoms with E-state index in [-0.39, 0.29) is 27.9 Å². The van der Waals surface area contributed by atoms with Crippen molar-refractivity contribution in [3.8, 4) is 0 Å². The van der Waals surface area contributed by atoms with Gasteiger partial charge >= 0.3 is 5.97 Å². The number of ether oxygens (including phenoxy) is 1. The lowest BCUT2D eigenvalue weighted by Gasteiger charge is -2.02. The second-order valence-electron chi connectivity index (χ2n) is 5.03. The normalized spacial score (nSPS) is 15.2. The van der Waals surface area contributed by atoms with Crippen molar-refractivity contribution in [2.75, 3.05) is 6.26 Å². The van der Waals surface area contributed by atoms with Crippen LogP contribution in [-0.4, -0.2) is 23.0 Å². The first kappa shape index (κ1) is 17.2. The number of benzene rings is 2. The van der Waals surface area contributed by atoms with E-state index in [1.165, 1.54) is 18.2 Å². The minimum absolute atomic E-state index is 0.0503. The van der Waals surface area contributed by atoms with E-state index in [1.807, 2.05) is 30.5 Å². The average molecular weight is 375 g/mol. The number of carbonyl (C=O) groups excluding carboxylic acids is 1. The predicted octanol–water partition coefficient (Wildman–Crippen LogP) is 4.31. The summed E-state index contributed by atoms with van der Waals surface area (Å²) in [6.45, 7) is 0. The lowest BCUT2D eigenvalue weighted by molar-refractivity contribution is -0.384. The number of hydrogen-bond acceptors (Lipinski definition) is 6. The van der Waals surface area contributed by atoms with Crippen molar-refractivity contribution in [1.82, 2.24) is 0 Å². The first-order valence-electron chi connectivity index (χ1n) is 7.09. The number of halogens is 1. The fourth-order valence-corrected chi connectivity index (χ4v) is 2.78. The van der Waals surface area contributed by atoms with Crippen LogP contribution in [0.15, 0.2) is 58.0 Å². The van der Waals surface area contributed by atoms with Gasteiger partial charge in [-0.05, 0) is 36.1 Å². The minimum Gasteiger partial charge on any atom is -0.402 e. The number of thioether (sulfide) groups is 1. The monoisotopic (exact) mass is 374 g/mol. The fourth-order valence-electron chi connectivity index (χ4n) is 2.17. The highest BCUT2D eigenvalue weighted by Crippen LogP contribution is 2.27. The second kappa shape index (κ2) is 7.08. The van der Waals surface area contributed by atoms with Gasteiger partial charge in [-0.1, -0.05) is 23.7 Å². The second-order valence-corrected chi connectivity index (χ2v) is 6.32. The maximum absolute atomic E-state index is 12.0. The minimum atomic E-state index is -0.633. The highest BCUT2D eigenvalue weighted by molar-refractivity contribution is 7.98. The maximum atomic E-state index is 12.0. The van der Waals surface area contributed by atoms with Crippen LogP contribution in [0.1, 0.15) is 11.1 Å². The van der Waals surface area contributed by atoms with Gasteiger partial charge in [0.15, 0.2) is 5.70 Å². The largest absolute Gasteiger partial charge is 0.402 e. The highest BCUT2D eigenvalue weighted by atomic mass is 35.5. The first-order chi connectivity index (χ1) is 12.0. The van der Waals surface area contributed by atoms with Crippen LogP contribution in [0.25, 0.3) is 6.08 Å². The Bertz CT molecular complexity index is 923. The molecular weight excluding hydrogens is 364 g/mol. The Morgan fingerprint density at radius 1 is 1.24 bits per heavy atom. The van der Waals surface area contributed by atoms with E-state index < -0.39 is 10.9 Å². The lowest BCUT2D eigenvalue weighted by Crippen LogP contribution is -2.06. The highest BCUT2D eigenvalue weighted by Gasteiger charge is 2.27. The number of nitrogens with zero attached hydrogens (tertiary/aromatic N) is 2. The molecule has 1 aliphatic heterocycles. The summed E-state index contributed by atoms with van der Waals surface area (Å²) in [7, 11) is 0. The maximum Gasteiger partial charge on any atom is 0.363 e. The molecule has 0 aliphatic carbocycles. The van der Waals surface area contributed by atoms with Gasteiger partial charge in [0.25, 0.3) is 5.69 Å². The summed E-state index contributed by atoms with van der Waals surface area (Å²) in [4.78, 5) is 27.6. The van der Waals surface area contributed by atoms with Crippen molar-refractivity contribution < 1.29 is 14.5 Å². The molecule has 3 rings (SSSR count). The molecule has 0 saturated heterocycles. The molecule has 1 heterocycles. The van der Waals surface area contributed by atoms with E-state index in [0.717, 1.165) is 10.5 Å². The number of aliphatic imine (C=N–C) groups is 1. The van der Waals surface area contributed by atoms with Crippen molar-refractivity contribution >= 4 is 47.0 Å². The van der Waals surface area contributed by atoms with E-state index in [0.29, 0.717) is 0 Å². The molecule has 0 aromatic heterocycles. The van der Waals surface area contributed by atoms with Gasteiger partial charge in [0.05, 0.1) is 15.5 Å². The van der Waals surface area contributed by atoms with Crippen LogP contribution in [0, 0.1) is 10.1 Å². The zero-order valence-electron chi connectivity index (χ0n) is 12.9. The topological polar surface area (TPSA) is 81.8 Å². The van der Waals surface area contributed by atoms with Gasteiger partial charge in [0, 0.05) is 17.0 Å². The summed E-state index contributed by atoms with van der Waals surface area (Å²) >= 11 is 7.67. The van der Waals surface area contributed by atoms with Crippen molar-refractivity contribution in [3.63, 3.8) is 0 Å². The van der Waals surface area contributed by atoms with E-state index in [2.05, 4.69) is 4.99 Å². The van der Waals surface area contributed by atoms with E-state index in [4.69, 9.17) is 16.3 Å². The van der Waals surface area contributed by atoms with Crippen LogP contribution in [0.3, 0.4) is 0 Å². The van der Waals surface area contributed by atoms with Crippen LogP contribution >= 0.6 is 23.4 Å². The quantitative estimate of drug-likeness (QED) is 0.262. The third-order valence-electron chi connectivity index (χ3n) is 3.43. The van der Waals surface area contributed by atoms with Gasteiger partial charge in [-0.2, -0.15) is 0 Å². The van der Waals surface area contributed by atoms with Gasteiger partial charge in [-0.25, -0.2) is 9.79 Å². The zero-order valence-corrected chi connectivity index (χ0v) is 14.5. The molecule has 8 heteroatoms. The predicted molar refractivity (Wildman–Crippen MR) is 96.9 cm³/mol. The summed E-state index contributed by atoms with van der Waals surface area (Å²) < 4.78 is 5.12. The molecule has 25 heavy (non-hydrogen) atoms. The van der Waals surface area contributed by atoms with Crippen molar-refractivity contribution in [2.45, 2.75) is 4.90 Å². The number of hydrogen-bond donors (Lipinski definition) is 0. The Balaban J connectivity index is 1.96. The molecular formula is C17H11ClN2O4S. The number of nitro benzene ring substituents is 1. The van der Waals surface area contributed by atoms with Crippen LogP contribution in [0.4, 0.5) is 5.69 Å². The Kier molecular flexibility index (Phi) is 4.87. The van der Waals surface area contributed by atoms with Crippen LogP contribution < -0.4 is 0 Å². The first-order valence-corrected chi connectivity index (χ1v) is 8.69. The third-order valence-corrected chi connectivity index (χ3v) is 4.50. The Morgan fingerprint density at radius 3 is 2.60 bits per heavy atom. The molecule has 0 N–H and O–H groups in total. The molecule has 1 aliphatic rings. The van der Waals surface area contributed by atoms with Gasteiger partial charge < -0.3 is 4.74 Å². The van der Waals surface area contributed by atoms with Gasteiger partial charge in [-0.15, -0.1) is 11.8 Å². The van der Waals surface area contributed by atoms with Gasteiger partial charge in [0.2, 0.25) is 5.90 Å². The Labute approximate surface area is 152 Å². The smallest absolute Gasteiger partial charge is 0.363 e. The average Bonchev–Trinajstić information content (AvgIpc) is 2.96. The van der Waals surface area contributed by atoms with E-state index in [9.17, 15) is 14.9 Å². The zero-order chi connectivity index (χ0) is 18.0. The molecule has 2 aromatic rings. The summed E-state index contributed by atoms with van der Waals surface area (Å²) in [5.41, 5.74) is 0.933. The lowest BCUT2D eigenvalue weighted by atomic mass is 10.2. The van der Waals surface area contributed by atoms with Crippen LogP contribution in [0.2, 0.25) is 5.02 Å². The van der Waals surface area contributed by atoms with Crippen molar-refractivity contribution in [1.29, 1.82) is 0 Å². The molecule has 0 spiro atoms. The number of cyclic esters (lactones) is 1. The number of nitro groups is 1. The van der Waals surface area contributed by atoms with Gasteiger partial charge in [-0.3, -0.25) is 10.1 Å². The third kappa shape index (κ3) is 3.72. The van der Waals surface area contributed by atoms with Crippen LogP contribution in [-0.2, 0) is 9.53 Å². The molecule has 126 valence electrons. The summed E-state index contributed by atoms with van der Waals surface area (Å²) in [6, 6.07) is 11.4. The molecule has 0 fully saturated rings. The molecule has 0 atom stereocenters. The molecule has 0 amide bonds. The molecule has 0 saturated carbocycles. The number of non-ortho nitro benzene ring substituents is 1. The van der Waals surface area contributed by atoms with Crippen molar-refractivity contribution in [3.05, 3.63) is 74.4 Å². The molecule has 6 nitrogen and oxygen atoms in total. The molecule has 0 bridgehead atoms. The fraction of sp³-hybridized carbons (Fsp3) is 0.0588. The number of carbonyl (C=O) groups is 1. The summed E-state index contributed by atoms with van der Waals surface area (Å²) in [5.74, 6) is -0.683. The van der Waals surface area contributed by atoms with E-state index in [1.54, 1.807) is 17.8 Å². The SMILES string of the molecule is CSc1ccc(/C=C2/N=C(c3cc([N+](=O)[O-])ccc3Cl)OC2=O)cc1. The standard InChI is InChI=1S/C17H11ClN2O4S/c1-25-12-5-2-10(3-6-12)8-15-17(21)24-16(19-15)13-9-11(20(22)23)4-7-14(13)18/h2-9H,1H3/b15-8+. The summed E-state index contributed by atoms with van der Waals surface area (Å²) in [6.07, 6.45) is 3.56. The Morgan fingerprint density at radius 2 is 1.96 bits per heavy atom. The number of esters is 1. The molecule has 0 radical (unpaired) electrons. The van der Waals surface area contributed by atoms with E-state index >= 15 is 0 Å².